The molecule has 0 aliphatic carbocycles. The van der Waals surface area contributed by atoms with Gasteiger partial charge < -0.3 is 15.6 Å². The van der Waals surface area contributed by atoms with Crippen molar-refractivity contribution in [3.63, 3.8) is 0 Å². The number of carbonyl (C=O) groups is 1. The van der Waals surface area contributed by atoms with Gasteiger partial charge in [-0.05, 0) is 12.0 Å². The van der Waals surface area contributed by atoms with Gasteiger partial charge in [-0.3, -0.25) is 4.79 Å². The fourth-order valence-corrected chi connectivity index (χ4v) is 1.54. The highest BCUT2D eigenvalue weighted by molar-refractivity contribution is 6.31. The second-order valence-corrected chi connectivity index (χ2v) is 4.71. The number of amides is 1. The lowest BCUT2D eigenvalue weighted by Crippen LogP contribution is -2.40. The van der Waals surface area contributed by atoms with Crippen molar-refractivity contribution in [3.05, 3.63) is 23.0 Å². The standard InChI is InChI=1S/C11H18ClN3O/c1-7(2)9(13)5-14-11(16)10-4-8(12)6-15(10)3/h4,6-7,9H,5,13H2,1-3H3,(H,14,16). The van der Waals surface area contributed by atoms with E-state index >= 15 is 0 Å². The Bertz CT molecular complexity index is 373. The molecule has 1 aromatic heterocycles. The number of hydrogen-bond donors (Lipinski definition) is 2. The van der Waals surface area contributed by atoms with Crippen LogP contribution < -0.4 is 11.1 Å². The first-order chi connectivity index (χ1) is 7.41. The molecule has 0 spiro atoms. The molecule has 0 saturated carbocycles. The van der Waals surface area contributed by atoms with E-state index in [1.165, 1.54) is 0 Å². The van der Waals surface area contributed by atoms with Gasteiger partial charge in [-0.15, -0.1) is 0 Å². The maximum absolute atomic E-state index is 11.8. The van der Waals surface area contributed by atoms with E-state index in [4.69, 9.17) is 17.3 Å². The molecule has 4 nitrogen and oxygen atoms in total. The second-order valence-electron chi connectivity index (χ2n) is 4.27. The topological polar surface area (TPSA) is 60.0 Å². The van der Waals surface area contributed by atoms with Gasteiger partial charge in [-0.1, -0.05) is 25.4 Å². The van der Waals surface area contributed by atoms with Gasteiger partial charge >= 0.3 is 0 Å². The number of nitrogens with zero attached hydrogens (tertiary/aromatic N) is 1. The minimum atomic E-state index is -0.148. The van der Waals surface area contributed by atoms with Gasteiger partial charge in [0, 0.05) is 25.8 Å². The van der Waals surface area contributed by atoms with Crippen molar-refractivity contribution in [2.75, 3.05) is 6.54 Å². The highest BCUT2D eigenvalue weighted by Gasteiger charge is 2.13. The SMILES string of the molecule is CC(C)C(N)CNC(=O)c1cc(Cl)cn1C. The van der Waals surface area contributed by atoms with E-state index in [2.05, 4.69) is 5.32 Å². The summed E-state index contributed by atoms with van der Waals surface area (Å²) < 4.78 is 1.69. The first kappa shape index (κ1) is 13.1. The Kier molecular flexibility index (Phi) is 4.38. The molecule has 1 aromatic rings. The number of rotatable bonds is 4. The normalized spacial score (nSPS) is 12.9. The Hall–Kier alpha value is -1.00. The lowest BCUT2D eigenvalue weighted by atomic mass is 10.1. The lowest BCUT2D eigenvalue weighted by Gasteiger charge is -2.16. The number of halogens is 1. The third kappa shape index (κ3) is 3.25. The van der Waals surface area contributed by atoms with Crippen LogP contribution in [0.15, 0.2) is 12.3 Å². The first-order valence-electron chi connectivity index (χ1n) is 5.27. The Morgan fingerprint density at radius 3 is 2.69 bits per heavy atom. The average molecular weight is 244 g/mol. The molecule has 5 heteroatoms. The van der Waals surface area contributed by atoms with Crippen LogP contribution >= 0.6 is 11.6 Å². The molecule has 1 atom stereocenters. The summed E-state index contributed by atoms with van der Waals surface area (Å²) in [6.07, 6.45) is 1.69. The minimum absolute atomic E-state index is 0.0281. The van der Waals surface area contributed by atoms with E-state index in [1.54, 1.807) is 23.9 Å². The molecule has 1 amide bonds. The van der Waals surface area contributed by atoms with E-state index in [0.29, 0.717) is 23.2 Å². The number of aromatic nitrogens is 1. The highest BCUT2D eigenvalue weighted by atomic mass is 35.5. The van der Waals surface area contributed by atoms with Gasteiger partial charge in [-0.2, -0.15) is 0 Å². The molecule has 0 aliphatic rings. The summed E-state index contributed by atoms with van der Waals surface area (Å²) in [6.45, 7) is 4.52. The summed E-state index contributed by atoms with van der Waals surface area (Å²) in [4.78, 5) is 11.8. The largest absolute Gasteiger partial charge is 0.349 e. The van der Waals surface area contributed by atoms with Crippen molar-refractivity contribution in [1.29, 1.82) is 0 Å². The van der Waals surface area contributed by atoms with E-state index in [-0.39, 0.29) is 11.9 Å². The van der Waals surface area contributed by atoms with Gasteiger partial charge in [0.2, 0.25) is 0 Å². The first-order valence-corrected chi connectivity index (χ1v) is 5.65. The molecule has 3 N–H and O–H groups in total. The van der Waals surface area contributed by atoms with Gasteiger partial charge in [0.15, 0.2) is 0 Å². The monoisotopic (exact) mass is 243 g/mol. The molecular weight excluding hydrogens is 226 g/mol. The summed E-state index contributed by atoms with van der Waals surface area (Å²) in [5.41, 5.74) is 6.38. The molecule has 0 fully saturated rings. The molecule has 1 unspecified atom stereocenters. The summed E-state index contributed by atoms with van der Waals surface area (Å²) in [7, 11) is 1.78. The van der Waals surface area contributed by atoms with Crippen LogP contribution in [0, 0.1) is 5.92 Å². The van der Waals surface area contributed by atoms with E-state index in [1.807, 2.05) is 13.8 Å². The van der Waals surface area contributed by atoms with Crippen molar-refractivity contribution in [2.45, 2.75) is 19.9 Å². The minimum Gasteiger partial charge on any atom is -0.349 e. The van der Waals surface area contributed by atoms with Crippen molar-refractivity contribution >= 4 is 17.5 Å². The molecule has 1 heterocycles. The van der Waals surface area contributed by atoms with E-state index < -0.39 is 0 Å². The number of carbonyl (C=O) groups excluding carboxylic acids is 1. The number of nitrogens with one attached hydrogen (secondary N) is 1. The van der Waals surface area contributed by atoms with Gasteiger partial charge in [0.1, 0.15) is 5.69 Å². The van der Waals surface area contributed by atoms with Crippen molar-refractivity contribution in [1.82, 2.24) is 9.88 Å². The van der Waals surface area contributed by atoms with Gasteiger partial charge in [-0.25, -0.2) is 0 Å². The average Bonchev–Trinajstić information content (AvgIpc) is 2.53. The fourth-order valence-electron chi connectivity index (χ4n) is 1.29. The predicted molar refractivity (Wildman–Crippen MR) is 65.6 cm³/mol. The zero-order valence-corrected chi connectivity index (χ0v) is 10.6. The number of hydrogen-bond acceptors (Lipinski definition) is 2. The predicted octanol–water partition coefficient (Wildman–Crippen LogP) is 1.39. The molecule has 0 bridgehead atoms. The van der Waals surface area contributed by atoms with Crippen LogP contribution in [0.2, 0.25) is 5.02 Å². The van der Waals surface area contributed by atoms with Crippen molar-refractivity contribution < 1.29 is 4.79 Å². The van der Waals surface area contributed by atoms with Gasteiger partial charge in [0.05, 0.1) is 5.02 Å². The second kappa shape index (κ2) is 5.37. The zero-order chi connectivity index (χ0) is 12.3. The number of nitrogens with two attached hydrogens (primary N) is 1. The fraction of sp³-hybridized carbons (Fsp3) is 0.545. The number of aryl methyl sites for hydroxylation is 1. The maximum Gasteiger partial charge on any atom is 0.268 e. The summed E-state index contributed by atoms with van der Waals surface area (Å²) in [5.74, 6) is 0.197. The third-order valence-corrected chi connectivity index (χ3v) is 2.77. The smallest absolute Gasteiger partial charge is 0.268 e. The van der Waals surface area contributed by atoms with Crippen LogP contribution in [-0.2, 0) is 7.05 Å². The summed E-state index contributed by atoms with van der Waals surface area (Å²) in [6, 6.07) is 1.61. The Morgan fingerprint density at radius 1 is 1.62 bits per heavy atom. The van der Waals surface area contributed by atoms with Crippen LogP contribution in [0.3, 0.4) is 0 Å². The Labute approximate surface area is 101 Å². The molecule has 16 heavy (non-hydrogen) atoms. The molecule has 0 radical (unpaired) electrons. The lowest BCUT2D eigenvalue weighted by molar-refractivity contribution is 0.0941. The Morgan fingerprint density at radius 2 is 2.25 bits per heavy atom. The van der Waals surface area contributed by atoms with E-state index in [9.17, 15) is 4.79 Å². The maximum atomic E-state index is 11.8. The zero-order valence-electron chi connectivity index (χ0n) is 9.83. The summed E-state index contributed by atoms with van der Waals surface area (Å²) in [5, 5.41) is 3.35. The molecule has 0 aliphatic heterocycles. The molecule has 90 valence electrons. The van der Waals surface area contributed by atoms with Crippen LogP contribution in [-0.4, -0.2) is 23.1 Å². The van der Waals surface area contributed by atoms with Crippen LogP contribution in [0.5, 0.6) is 0 Å². The van der Waals surface area contributed by atoms with Crippen molar-refractivity contribution in [2.24, 2.45) is 18.7 Å². The van der Waals surface area contributed by atoms with Crippen LogP contribution in [0.1, 0.15) is 24.3 Å². The molecule has 0 aromatic carbocycles. The molecular formula is C11H18ClN3O. The highest BCUT2D eigenvalue weighted by Crippen LogP contribution is 2.12. The molecule has 0 saturated heterocycles. The van der Waals surface area contributed by atoms with Crippen LogP contribution in [0.4, 0.5) is 0 Å². The third-order valence-electron chi connectivity index (χ3n) is 2.56. The van der Waals surface area contributed by atoms with E-state index in [0.717, 1.165) is 0 Å². The quantitative estimate of drug-likeness (QED) is 0.840. The summed E-state index contributed by atoms with van der Waals surface area (Å²) >= 11 is 5.80. The Balaban J connectivity index is 2.56. The molecule has 1 rings (SSSR count). The van der Waals surface area contributed by atoms with Crippen LogP contribution in [0.25, 0.3) is 0 Å². The van der Waals surface area contributed by atoms with Crippen molar-refractivity contribution in [3.8, 4) is 0 Å². The van der Waals surface area contributed by atoms with Gasteiger partial charge in [0.25, 0.3) is 5.91 Å².